The van der Waals surface area contributed by atoms with Gasteiger partial charge in [0.15, 0.2) is 0 Å². The zero-order valence-corrected chi connectivity index (χ0v) is 15.8. The van der Waals surface area contributed by atoms with Gasteiger partial charge < -0.3 is 15.4 Å². The molecule has 4 heteroatoms. The minimum Gasteiger partial charge on any atom is -0.379 e. The minimum absolute atomic E-state index is 0.514. The van der Waals surface area contributed by atoms with E-state index in [1.807, 2.05) is 0 Å². The molecule has 2 aliphatic heterocycles. The van der Waals surface area contributed by atoms with Gasteiger partial charge in [0, 0.05) is 31.7 Å². The quantitative estimate of drug-likeness (QED) is 0.797. The topological polar surface area (TPSA) is 36.5 Å². The van der Waals surface area contributed by atoms with Crippen LogP contribution in [0.4, 0.5) is 0 Å². The highest BCUT2D eigenvalue weighted by atomic mass is 16.5. The molecule has 0 amide bonds. The van der Waals surface area contributed by atoms with Crippen LogP contribution in [0.5, 0.6) is 0 Å². The third-order valence-corrected chi connectivity index (χ3v) is 5.49. The van der Waals surface area contributed by atoms with E-state index in [0.717, 1.165) is 45.2 Å². The number of ether oxygens (including phenoxy) is 1. The summed E-state index contributed by atoms with van der Waals surface area (Å²) >= 11 is 0. The Morgan fingerprint density at radius 1 is 1.28 bits per heavy atom. The van der Waals surface area contributed by atoms with E-state index in [1.54, 1.807) is 0 Å². The summed E-state index contributed by atoms with van der Waals surface area (Å²) in [5, 5.41) is 7.35. The number of likely N-dealkylation sites (tertiary alicyclic amines) is 1. The molecule has 2 aliphatic rings. The first-order valence-corrected chi connectivity index (χ1v) is 10.1. The number of benzene rings is 1. The first-order chi connectivity index (χ1) is 12.3. The Morgan fingerprint density at radius 3 is 2.96 bits per heavy atom. The summed E-state index contributed by atoms with van der Waals surface area (Å²) in [6, 6.07) is 12.0. The van der Waals surface area contributed by atoms with Crippen molar-refractivity contribution in [2.75, 3.05) is 39.4 Å². The second-order valence-electron chi connectivity index (χ2n) is 7.85. The summed E-state index contributed by atoms with van der Waals surface area (Å²) < 4.78 is 5.57. The average molecular weight is 346 g/mol. The molecule has 0 aliphatic carbocycles. The Hall–Kier alpha value is -0.940. The molecular weight excluding hydrogens is 310 g/mol. The van der Waals surface area contributed by atoms with Gasteiger partial charge in [-0.15, -0.1) is 0 Å². The maximum Gasteiger partial charge on any atom is 0.0620 e. The van der Waals surface area contributed by atoms with Gasteiger partial charge in [-0.25, -0.2) is 0 Å². The van der Waals surface area contributed by atoms with Crippen LogP contribution < -0.4 is 10.6 Å². The first kappa shape index (κ1) is 18.8. The molecule has 0 saturated carbocycles. The van der Waals surface area contributed by atoms with Crippen LogP contribution in [0, 0.1) is 5.92 Å². The third-order valence-electron chi connectivity index (χ3n) is 5.49. The second-order valence-corrected chi connectivity index (χ2v) is 7.85. The van der Waals surface area contributed by atoms with Crippen molar-refractivity contribution in [1.29, 1.82) is 0 Å². The molecule has 3 atom stereocenters. The van der Waals surface area contributed by atoms with Gasteiger partial charge >= 0.3 is 0 Å². The highest BCUT2D eigenvalue weighted by molar-refractivity contribution is 5.14. The zero-order valence-electron chi connectivity index (χ0n) is 15.8. The van der Waals surface area contributed by atoms with Gasteiger partial charge in [0.2, 0.25) is 0 Å². The molecule has 3 rings (SSSR count). The molecule has 2 N–H and O–H groups in total. The predicted molar refractivity (Wildman–Crippen MR) is 104 cm³/mol. The monoisotopic (exact) mass is 345 g/mol. The molecule has 1 aromatic rings. The molecule has 0 aromatic heterocycles. The van der Waals surface area contributed by atoms with Crippen LogP contribution in [-0.2, 0) is 11.3 Å². The Morgan fingerprint density at radius 2 is 2.16 bits per heavy atom. The first-order valence-electron chi connectivity index (χ1n) is 10.1. The molecule has 4 nitrogen and oxygen atoms in total. The standard InChI is InChI=1S/C21H35N3O/c1-18(13-21-17-25-12-10-22-21)23-14-20-9-5-6-11-24(16-20)15-19-7-3-2-4-8-19/h2-4,7-8,18,20-23H,5-6,9-17H2,1H3. The van der Waals surface area contributed by atoms with Crippen molar-refractivity contribution >= 4 is 0 Å². The van der Waals surface area contributed by atoms with E-state index in [-0.39, 0.29) is 0 Å². The minimum atomic E-state index is 0.514. The van der Waals surface area contributed by atoms with E-state index in [4.69, 9.17) is 4.74 Å². The largest absolute Gasteiger partial charge is 0.379 e. The van der Waals surface area contributed by atoms with Gasteiger partial charge in [0.05, 0.1) is 13.2 Å². The Balaban J connectivity index is 1.41. The Kier molecular flexibility index (Phi) is 7.74. The lowest BCUT2D eigenvalue weighted by molar-refractivity contribution is 0.0710. The maximum absolute atomic E-state index is 5.57. The van der Waals surface area contributed by atoms with Crippen LogP contribution in [0.15, 0.2) is 30.3 Å². The molecule has 2 fully saturated rings. The van der Waals surface area contributed by atoms with Crippen LogP contribution in [0.25, 0.3) is 0 Å². The summed E-state index contributed by atoms with van der Waals surface area (Å²) in [5.41, 5.74) is 1.44. The van der Waals surface area contributed by atoms with Crippen LogP contribution in [0.2, 0.25) is 0 Å². The van der Waals surface area contributed by atoms with Gasteiger partial charge in [-0.2, -0.15) is 0 Å². The van der Waals surface area contributed by atoms with Crippen molar-refractivity contribution in [3.63, 3.8) is 0 Å². The fourth-order valence-corrected chi connectivity index (χ4v) is 4.12. The van der Waals surface area contributed by atoms with E-state index in [2.05, 4.69) is 52.8 Å². The van der Waals surface area contributed by atoms with Crippen LogP contribution in [-0.4, -0.2) is 56.4 Å². The van der Waals surface area contributed by atoms with Crippen molar-refractivity contribution < 1.29 is 4.74 Å². The molecule has 140 valence electrons. The summed E-state index contributed by atoms with van der Waals surface area (Å²) in [6.45, 7) is 9.72. The fraction of sp³-hybridized carbons (Fsp3) is 0.714. The van der Waals surface area contributed by atoms with E-state index in [9.17, 15) is 0 Å². The fourth-order valence-electron chi connectivity index (χ4n) is 4.12. The molecule has 0 bridgehead atoms. The number of rotatable bonds is 7. The molecular formula is C21H35N3O. The molecule has 0 spiro atoms. The Bertz CT molecular complexity index is 475. The van der Waals surface area contributed by atoms with Gasteiger partial charge in [-0.3, -0.25) is 4.90 Å². The second kappa shape index (κ2) is 10.3. The maximum atomic E-state index is 5.57. The lowest BCUT2D eigenvalue weighted by Crippen LogP contribution is -2.46. The van der Waals surface area contributed by atoms with Crippen molar-refractivity contribution in [2.24, 2.45) is 5.92 Å². The van der Waals surface area contributed by atoms with Crippen molar-refractivity contribution in [3.05, 3.63) is 35.9 Å². The molecule has 0 radical (unpaired) electrons. The summed E-state index contributed by atoms with van der Waals surface area (Å²) in [5.74, 6) is 0.768. The van der Waals surface area contributed by atoms with Crippen molar-refractivity contribution in [1.82, 2.24) is 15.5 Å². The lowest BCUT2D eigenvalue weighted by Gasteiger charge is -2.29. The highest BCUT2D eigenvalue weighted by Crippen LogP contribution is 2.18. The molecule has 25 heavy (non-hydrogen) atoms. The average Bonchev–Trinajstić information content (AvgIpc) is 2.87. The summed E-state index contributed by atoms with van der Waals surface area (Å²) in [6.07, 6.45) is 5.21. The van der Waals surface area contributed by atoms with E-state index in [0.29, 0.717) is 12.1 Å². The van der Waals surface area contributed by atoms with Gasteiger partial charge in [-0.05, 0) is 50.8 Å². The highest BCUT2D eigenvalue weighted by Gasteiger charge is 2.20. The summed E-state index contributed by atoms with van der Waals surface area (Å²) in [4.78, 5) is 2.65. The van der Waals surface area contributed by atoms with Crippen molar-refractivity contribution in [3.8, 4) is 0 Å². The number of hydrogen-bond donors (Lipinski definition) is 2. The SMILES string of the molecule is CC(CC1COCCN1)NCC1CCCCN(Cc2ccccc2)C1. The van der Waals surface area contributed by atoms with Gasteiger partial charge in [0.25, 0.3) is 0 Å². The molecule has 2 saturated heterocycles. The number of nitrogens with one attached hydrogen (secondary N) is 2. The molecule has 3 unspecified atom stereocenters. The van der Waals surface area contributed by atoms with Gasteiger partial charge in [0.1, 0.15) is 0 Å². The number of morpholine rings is 1. The van der Waals surface area contributed by atoms with Crippen LogP contribution in [0.3, 0.4) is 0 Å². The number of nitrogens with zero attached hydrogens (tertiary/aromatic N) is 1. The number of hydrogen-bond acceptors (Lipinski definition) is 4. The zero-order chi connectivity index (χ0) is 17.3. The van der Waals surface area contributed by atoms with E-state index < -0.39 is 0 Å². The Labute approximate surface area is 153 Å². The predicted octanol–water partition coefficient (Wildman–Crippen LogP) is 2.65. The van der Waals surface area contributed by atoms with Crippen molar-refractivity contribution in [2.45, 2.75) is 51.2 Å². The van der Waals surface area contributed by atoms with Crippen LogP contribution >= 0.6 is 0 Å². The summed E-state index contributed by atoms with van der Waals surface area (Å²) in [7, 11) is 0. The van der Waals surface area contributed by atoms with Crippen LogP contribution in [0.1, 0.15) is 38.2 Å². The molecule has 2 heterocycles. The lowest BCUT2D eigenvalue weighted by atomic mass is 10.0. The smallest absolute Gasteiger partial charge is 0.0620 e. The van der Waals surface area contributed by atoms with Gasteiger partial charge in [-0.1, -0.05) is 36.8 Å². The van der Waals surface area contributed by atoms with E-state index >= 15 is 0 Å². The normalized spacial score (nSPS) is 26.9. The van der Waals surface area contributed by atoms with E-state index in [1.165, 1.54) is 37.9 Å². The molecule has 1 aromatic carbocycles. The third kappa shape index (κ3) is 6.70.